The fraction of sp³-hybridized carbons (Fsp3) is 1.00. The Bertz CT molecular complexity index is 187. The average Bonchev–Trinajstić information content (AvgIpc) is 2.11. The largest absolute Gasteiger partial charge is 0.411 e. The highest BCUT2D eigenvalue weighted by Crippen LogP contribution is 2.14. The van der Waals surface area contributed by atoms with Gasteiger partial charge in [-0.2, -0.15) is 13.2 Å². The summed E-state index contributed by atoms with van der Waals surface area (Å²) in [7, 11) is 0. The molecule has 0 aromatic heterocycles. The summed E-state index contributed by atoms with van der Waals surface area (Å²) in [6, 6.07) is 0.154. The topological polar surface area (TPSA) is 38.5 Å². The molecule has 1 aliphatic heterocycles. The van der Waals surface area contributed by atoms with E-state index in [1.54, 1.807) is 0 Å². The zero-order valence-electron chi connectivity index (χ0n) is 8.59. The van der Waals surface area contributed by atoms with Crippen molar-refractivity contribution in [2.24, 2.45) is 5.73 Å². The number of rotatable bonds is 4. The Morgan fingerprint density at radius 3 is 2.73 bits per heavy atom. The number of ether oxygens (including phenoxy) is 1. The van der Waals surface area contributed by atoms with Gasteiger partial charge in [-0.15, -0.1) is 0 Å². The molecule has 2 N–H and O–H groups in total. The number of halogens is 3. The van der Waals surface area contributed by atoms with Gasteiger partial charge in [-0.3, -0.25) is 4.90 Å². The maximum Gasteiger partial charge on any atom is 0.411 e. The summed E-state index contributed by atoms with van der Waals surface area (Å²) in [6.07, 6.45) is -2.21. The van der Waals surface area contributed by atoms with Gasteiger partial charge in [0.05, 0.1) is 6.61 Å². The molecule has 1 heterocycles. The van der Waals surface area contributed by atoms with E-state index in [2.05, 4.69) is 4.74 Å². The molecule has 0 aromatic rings. The van der Waals surface area contributed by atoms with Gasteiger partial charge in [0.1, 0.15) is 6.61 Å². The fourth-order valence-electron chi connectivity index (χ4n) is 1.68. The van der Waals surface area contributed by atoms with Crippen LogP contribution in [0.5, 0.6) is 0 Å². The number of hydrogen-bond donors (Lipinski definition) is 1. The summed E-state index contributed by atoms with van der Waals surface area (Å²) in [4.78, 5) is 2.05. The molecule has 0 bridgehead atoms. The molecule has 0 radical (unpaired) electrons. The minimum atomic E-state index is -4.22. The van der Waals surface area contributed by atoms with Gasteiger partial charge < -0.3 is 10.5 Å². The summed E-state index contributed by atoms with van der Waals surface area (Å²) < 4.78 is 39.7. The minimum absolute atomic E-state index is 0.117. The Morgan fingerprint density at radius 2 is 2.13 bits per heavy atom. The van der Waals surface area contributed by atoms with E-state index in [9.17, 15) is 13.2 Å². The molecule has 0 saturated carbocycles. The number of nitrogens with zero attached hydrogens (tertiary/aromatic N) is 1. The van der Waals surface area contributed by atoms with Gasteiger partial charge in [0, 0.05) is 19.1 Å². The average molecular weight is 226 g/mol. The number of likely N-dealkylation sites (tertiary alicyclic amines) is 1. The van der Waals surface area contributed by atoms with Crippen LogP contribution in [0.1, 0.15) is 12.8 Å². The van der Waals surface area contributed by atoms with E-state index < -0.39 is 12.8 Å². The summed E-state index contributed by atoms with van der Waals surface area (Å²) in [5, 5.41) is 0. The molecule has 1 rings (SSSR count). The first-order valence-electron chi connectivity index (χ1n) is 5.10. The van der Waals surface area contributed by atoms with Crippen molar-refractivity contribution >= 4 is 0 Å². The molecule has 1 aliphatic rings. The van der Waals surface area contributed by atoms with Crippen LogP contribution in [0.3, 0.4) is 0 Å². The van der Waals surface area contributed by atoms with Crippen molar-refractivity contribution in [3.05, 3.63) is 0 Å². The van der Waals surface area contributed by atoms with Gasteiger partial charge in [-0.25, -0.2) is 0 Å². The summed E-state index contributed by atoms with van der Waals surface area (Å²) in [6.45, 7) is 1.15. The second-order valence-electron chi connectivity index (χ2n) is 3.87. The standard InChI is InChI=1S/C9H17F3N2O/c10-9(11,12)7-15-5-4-14-3-1-2-8(13)6-14/h8H,1-7,13H2/t8-/m1/s1. The first-order valence-corrected chi connectivity index (χ1v) is 5.10. The van der Waals surface area contributed by atoms with Crippen LogP contribution in [-0.4, -0.2) is 50.0 Å². The Balaban J connectivity index is 2.04. The van der Waals surface area contributed by atoms with E-state index >= 15 is 0 Å². The van der Waals surface area contributed by atoms with E-state index in [1.165, 1.54) is 0 Å². The quantitative estimate of drug-likeness (QED) is 0.726. The van der Waals surface area contributed by atoms with Crippen LogP contribution in [-0.2, 0) is 4.74 Å². The van der Waals surface area contributed by atoms with E-state index in [0.717, 1.165) is 25.9 Å². The molecule has 0 unspecified atom stereocenters. The van der Waals surface area contributed by atoms with Gasteiger partial charge >= 0.3 is 6.18 Å². The summed E-state index contributed by atoms with van der Waals surface area (Å²) in [5.41, 5.74) is 5.74. The third-order valence-corrected chi connectivity index (χ3v) is 2.36. The molecule has 0 amide bonds. The van der Waals surface area contributed by atoms with Crippen LogP contribution >= 0.6 is 0 Å². The second kappa shape index (κ2) is 5.67. The molecular formula is C9H17F3N2O. The predicted molar refractivity (Wildman–Crippen MR) is 50.5 cm³/mol. The molecule has 0 aliphatic carbocycles. The lowest BCUT2D eigenvalue weighted by Crippen LogP contribution is -2.44. The number of piperidine rings is 1. The molecule has 0 aromatic carbocycles. The van der Waals surface area contributed by atoms with Gasteiger partial charge in [-0.1, -0.05) is 0 Å². The smallest absolute Gasteiger partial charge is 0.371 e. The lowest BCUT2D eigenvalue weighted by atomic mass is 10.1. The van der Waals surface area contributed by atoms with E-state index in [1.807, 2.05) is 4.90 Å². The van der Waals surface area contributed by atoms with Crippen molar-refractivity contribution in [2.75, 3.05) is 32.8 Å². The fourth-order valence-corrected chi connectivity index (χ4v) is 1.68. The minimum Gasteiger partial charge on any atom is -0.371 e. The Morgan fingerprint density at radius 1 is 1.40 bits per heavy atom. The lowest BCUT2D eigenvalue weighted by molar-refractivity contribution is -0.174. The van der Waals surface area contributed by atoms with Crippen molar-refractivity contribution in [1.82, 2.24) is 4.90 Å². The highest BCUT2D eigenvalue weighted by atomic mass is 19.4. The maximum absolute atomic E-state index is 11.7. The molecule has 0 spiro atoms. The van der Waals surface area contributed by atoms with E-state index in [4.69, 9.17) is 5.73 Å². The number of alkyl halides is 3. The van der Waals surface area contributed by atoms with E-state index in [0.29, 0.717) is 6.54 Å². The van der Waals surface area contributed by atoms with Crippen molar-refractivity contribution in [3.8, 4) is 0 Å². The highest BCUT2D eigenvalue weighted by Gasteiger charge is 2.27. The van der Waals surface area contributed by atoms with Gasteiger partial charge in [0.15, 0.2) is 0 Å². The van der Waals surface area contributed by atoms with E-state index in [-0.39, 0.29) is 12.6 Å². The molecule has 3 nitrogen and oxygen atoms in total. The third-order valence-electron chi connectivity index (χ3n) is 2.36. The molecule has 1 saturated heterocycles. The summed E-state index contributed by atoms with van der Waals surface area (Å²) >= 11 is 0. The Kier molecular flexibility index (Phi) is 4.82. The van der Waals surface area contributed by atoms with Crippen LogP contribution < -0.4 is 5.73 Å². The zero-order valence-corrected chi connectivity index (χ0v) is 8.59. The van der Waals surface area contributed by atoms with Crippen LogP contribution in [0.25, 0.3) is 0 Å². The van der Waals surface area contributed by atoms with Crippen LogP contribution in [0.2, 0.25) is 0 Å². The Labute approximate surface area is 87.4 Å². The molecule has 15 heavy (non-hydrogen) atoms. The van der Waals surface area contributed by atoms with Crippen LogP contribution in [0.4, 0.5) is 13.2 Å². The normalized spacial score (nSPS) is 24.4. The maximum atomic E-state index is 11.7. The molecule has 1 atom stereocenters. The lowest BCUT2D eigenvalue weighted by Gasteiger charge is -2.30. The first-order chi connectivity index (χ1) is 6.97. The van der Waals surface area contributed by atoms with Gasteiger partial charge in [0.25, 0.3) is 0 Å². The molecule has 90 valence electrons. The molecule has 6 heteroatoms. The molecule has 1 fully saturated rings. The van der Waals surface area contributed by atoms with Gasteiger partial charge in [0.2, 0.25) is 0 Å². The third kappa shape index (κ3) is 5.96. The predicted octanol–water partition coefficient (Wildman–Crippen LogP) is 0.988. The SMILES string of the molecule is N[C@@H]1CCCN(CCOCC(F)(F)F)C1. The number of nitrogens with two attached hydrogens (primary N) is 1. The van der Waals surface area contributed by atoms with Crippen molar-refractivity contribution in [2.45, 2.75) is 25.1 Å². The van der Waals surface area contributed by atoms with Crippen molar-refractivity contribution in [1.29, 1.82) is 0 Å². The van der Waals surface area contributed by atoms with Crippen molar-refractivity contribution in [3.63, 3.8) is 0 Å². The second-order valence-corrected chi connectivity index (χ2v) is 3.87. The first kappa shape index (κ1) is 12.7. The van der Waals surface area contributed by atoms with Crippen LogP contribution in [0.15, 0.2) is 0 Å². The number of hydrogen-bond acceptors (Lipinski definition) is 3. The van der Waals surface area contributed by atoms with Crippen LogP contribution in [0, 0.1) is 0 Å². The molecular weight excluding hydrogens is 209 g/mol. The monoisotopic (exact) mass is 226 g/mol. The Hall–Kier alpha value is -0.330. The highest BCUT2D eigenvalue weighted by molar-refractivity contribution is 4.74. The summed E-state index contributed by atoms with van der Waals surface area (Å²) in [5.74, 6) is 0. The zero-order chi connectivity index (χ0) is 11.3. The van der Waals surface area contributed by atoms with Crippen molar-refractivity contribution < 1.29 is 17.9 Å². The van der Waals surface area contributed by atoms with Gasteiger partial charge in [-0.05, 0) is 19.4 Å².